The topological polar surface area (TPSA) is 38.7 Å². The Morgan fingerprint density at radius 1 is 1.00 bits per heavy atom. The molecule has 0 heterocycles. The molecule has 20 heavy (non-hydrogen) atoms. The number of hydrogen-bond donors (Lipinski definition) is 1. The maximum absolute atomic E-state index is 13.9. The standard InChI is InChI=1S/C16H17FO3/c1-10-4-6-12(13(17)8-10)16(18)11-5-7-14(19-2)15(9-11)20-3/h4-9,16,18H,1-3H3. The van der Waals surface area contributed by atoms with E-state index in [0.717, 1.165) is 5.56 Å². The van der Waals surface area contributed by atoms with Crippen molar-refractivity contribution in [1.82, 2.24) is 0 Å². The molecule has 1 N–H and O–H groups in total. The minimum Gasteiger partial charge on any atom is -0.493 e. The Hall–Kier alpha value is -2.07. The lowest BCUT2D eigenvalue weighted by Gasteiger charge is -2.15. The second-order valence-corrected chi connectivity index (χ2v) is 4.54. The van der Waals surface area contributed by atoms with Gasteiger partial charge in [-0.1, -0.05) is 18.2 Å². The average molecular weight is 276 g/mol. The van der Waals surface area contributed by atoms with Crippen LogP contribution in [0.3, 0.4) is 0 Å². The van der Waals surface area contributed by atoms with E-state index in [1.54, 1.807) is 37.3 Å². The van der Waals surface area contributed by atoms with Crippen molar-refractivity contribution in [3.8, 4) is 11.5 Å². The van der Waals surface area contributed by atoms with Crippen LogP contribution in [-0.2, 0) is 0 Å². The van der Waals surface area contributed by atoms with Crippen molar-refractivity contribution in [2.45, 2.75) is 13.0 Å². The van der Waals surface area contributed by atoms with Gasteiger partial charge in [-0.3, -0.25) is 0 Å². The molecule has 0 saturated heterocycles. The maximum atomic E-state index is 13.9. The average Bonchev–Trinajstić information content (AvgIpc) is 2.45. The summed E-state index contributed by atoms with van der Waals surface area (Å²) in [6, 6.07) is 9.77. The van der Waals surface area contributed by atoms with Crippen molar-refractivity contribution < 1.29 is 19.0 Å². The van der Waals surface area contributed by atoms with Crippen LogP contribution in [0.25, 0.3) is 0 Å². The van der Waals surface area contributed by atoms with Crippen molar-refractivity contribution in [1.29, 1.82) is 0 Å². The van der Waals surface area contributed by atoms with Gasteiger partial charge in [-0.2, -0.15) is 0 Å². The summed E-state index contributed by atoms with van der Waals surface area (Å²) in [5.74, 6) is 0.636. The Bertz CT molecular complexity index is 611. The summed E-state index contributed by atoms with van der Waals surface area (Å²) in [6.07, 6.45) is -1.05. The highest BCUT2D eigenvalue weighted by molar-refractivity contribution is 5.45. The summed E-state index contributed by atoms with van der Waals surface area (Å²) in [5.41, 5.74) is 1.60. The number of methoxy groups -OCH3 is 2. The summed E-state index contributed by atoms with van der Waals surface area (Å²) >= 11 is 0. The number of rotatable bonds is 4. The van der Waals surface area contributed by atoms with Crippen molar-refractivity contribution in [2.75, 3.05) is 14.2 Å². The van der Waals surface area contributed by atoms with E-state index < -0.39 is 11.9 Å². The predicted molar refractivity (Wildman–Crippen MR) is 74.7 cm³/mol. The van der Waals surface area contributed by atoms with Crippen LogP contribution in [0.4, 0.5) is 4.39 Å². The van der Waals surface area contributed by atoms with Gasteiger partial charge in [0.2, 0.25) is 0 Å². The SMILES string of the molecule is COc1ccc(C(O)c2ccc(C)cc2F)cc1OC. The van der Waals surface area contributed by atoms with Crippen LogP contribution < -0.4 is 9.47 Å². The van der Waals surface area contributed by atoms with Gasteiger partial charge in [0.1, 0.15) is 11.9 Å². The van der Waals surface area contributed by atoms with Gasteiger partial charge in [0.25, 0.3) is 0 Å². The van der Waals surface area contributed by atoms with Gasteiger partial charge in [-0.05, 0) is 36.2 Å². The Balaban J connectivity index is 2.40. The third-order valence-electron chi connectivity index (χ3n) is 3.17. The summed E-state index contributed by atoms with van der Waals surface area (Å²) in [7, 11) is 3.05. The normalized spacial score (nSPS) is 12.1. The fraction of sp³-hybridized carbons (Fsp3) is 0.250. The van der Waals surface area contributed by atoms with Crippen LogP contribution in [0.1, 0.15) is 22.8 Å². The van der Waals surface area contributed by atoms with Crippen LogP contribution in [0.15, 0.2) is 36.4 Å². The van der Waals surface area contributed by atoms with Gasteiger partial charge < -0.3 is 14.6 Å². The number of hydrogen-bond acceptors (Lipinski definition) is 3. The monoisotopic (exact) mass is 276 g/mol. The first-order valence-electron chi connectivity index (χ1n) is 6.23. The number of aryl methyl sites for hydroxylation is 1. The quantitative estimate of drug-likeness (QED) is 0.931. The Kier molecular flexibility index (Phi) is 4.25. The fourth-order valence-corrected chi connectivity index (χ4v) is 2.06. The summed E-state index contributed by atoms with van der Waals surface area (Å²) in [6.45, 7) is 1.80. The Morgan fingerprint density at radius 2 is 1.70 bits per heavy atom. The summed E-state index contributed by atoms with van der Waals surface area (Å²) < 4.78 is 24.2. The Morgan fingerprint density at radius 3 is 2.30 bits per heavy atom. The molecular formula is C16H17FO3. The predicted octanol–water partition coefficient (Wildman–Crippen LogP) is 3.23. The minimum atomic E-state index is -1.05. The number of aliphatic hydroxyl groups excluding tert-OH is 1. The third-order valence-corrected chi connectivity index (χ3v) is 3.17. The first-order chi connectivity index (χ1) is 9.56. The number of halogens is 1. The molecule has 1 unspecified atom stereocenters. The molecule has 0 amide bonds. The molecule has 0 spiro atoms. The van der Waals surface area contributed by atoms with Crippen LogP contribution in [-0.4, -0.2) is 19.3 Å². The lowest BCUT2D eigenvalue weighted by molar-refractivity contribution is 0.214. The van der Waals surface area contributed by atoms with Gasteiger partial charge in [-0.15, -0.1) is 0 Å². The first kappa shape index (κ1) is 14.3. The van der Waals surface area contributed by atoms with E-state index in [1.165, 1.54) is 20.3 Å². The van der Waals surface area contributed by atoms with Crippen molar-refractivity contribution in [3.63, 3.8) is 0 Å². The van der Waals surface area contributed by atoms with Crippen molar-refractivity contribution in [3.05, 3.63) is 58.9 Å². The second-order valence-electron chi connectivity index (χ2n) is 4.54. The van der Waals surface area contributed by atoms with Crippen LogP contribution in [0.5, 0.6) is 11.5 Å². The Labute approximate surface area is 117 Å². The highest BCUT2D eigenvalue weighted by atomic mass is 19.1. The van der Waals surface area contributed by atoms with Crippen molar-refractivity contribution >= 4 is 0 Å². The molecule has 2 aromatic rings. The molecule has 0 aromatic heterocycles. The zero-order chi connectivity index (χ0) is 14.7. The molecule has 0 aliphatic rings. The van der Waals surface area contributed by atoms with Crippen molar-refractivity contribution in [2.24, 2.45) is 0 Å². The van der Waals surface area contributed by atoms with Crippen LogP contribution in [0.2, 0.25) is 0 Å². The van der Waals surface area contributed by atoms with E-state index in [2.05, 4.69) is 0 Å². The molecule has 4 heteroatoms. The van der Waals surface area contributed by atoms with E-state index in [1.807, 2.05) is 0 Å². The van der Waals surface area contributed by atoms with E-state index >= 15 is 0 Å². The molecule has 3 nitrogen and oxygen atoms in total. The molecule has 0 fully saturated rings. The lowest BCUT2D eigenvalue weighted by atomic mass is 9.99. The molecule has 0 bridgehead atoms. The number of aliphatic hydroxyl groups is 1. The molecular weight excluding hydrogens is 259 g/mol. The van der Waals surface area contributed by atoms with E-state index in [4.69, 9.17) is 9.47 Å². The molecule has 0 aliphatic heterocycles. The second kappa shape index (κ2) is 5.92. The highest BCUT2D eigenvalue weighted by Gasteiger charge is 2.17. The molecule has 2 rings (SSSR count). The zero-order valence-electron chi connectivity index (χ0n) is 11.7. The van der Waals surface area contributed by atoms with E-state index in [9.17, 15) is 9.50 Å². The first-order valence-corrected chi connectivity index (χ1v) is 6.23. The molecule has 0 aliphatic carbocycles. The van der Waals surface area contributed by atoms with Crippen LogP contribution >= 0.6 is 0 Å². The van der Waals surface area contributed by atoms with Gasteiger partial charge in [-0.25, -0.2) is 4.39 Å². The van der Waals surface area contributed by atoms with Gasteiger partial charge >= 0.3 is 0 Å². The number of benzene rings is 2. The van der Waals surface area contributed by atoms with Crippen LogP contribution in [0, 0.1) is 12.7 Å². The van der Waals surface area contributed by atoms with E-state index in [-0.39, 0.29) is 5.56 Å². The molecule has 2 aromatic carbocycles. The lowest BCUT2D eigenvalue weighted by Crippen LogP contribution is -2.03. The third kappa shape index (κ3) is 2.75. The molecule has 0 saturated carbocycles. The largest absolute Gasteiger partial charge is 0.493 e. The van der Waals surface area contributed by atoms with E-state index in [0.29, 0.717) is 17.1 Å². The van der Waals surface area contributed by atoms with Gasteiger partial charge in [0.05, 0.1) is 14.2 Å². The zero-order valence-corrected chi connectivity index (χ0v) is 11.7. The highest BCUT2D eigenvalue weighted by Crippen LogP contribution is 2.32. The fourth-order valence-electron chi connectivity index (χ4n) is 2.06. The molecule has 0 radical (unpaired) electrons. The van der Waals surface area contributed by atoms with Gasteiger partial charge in [0, 0.05) is 5.56 Å². The summed E-state index contributed by atoms with van der Waals surface area (Å²) in [4.78, 5) is 0. The minimum absolute atomic E-state index is 0.239. The smallest absolute Gasteiger partial charge is 0.161 e. The number of ether oxygens (including phenoxy) is 2. The molecule has 1 atom stereocenters. The summed E-state index contributed by atoms with van der Waals surface area (Å²) in [5, 5.41) is 10.3. The maximum Gasteiger partial charge on any atom is 0.161 e. The van der Waals surface area contributed by atoms with Gasteiger partial charge in [0.15, 0.2) is 11.5 Å². The molecule has 106 valence electrons.